The van der Waals surface area contributed by atoms with Gasteiger partial charge in [-0.05, 0) is 37.5 Å². The van der Waals surface area contributed by atoms with Gasteiger partial charge >= 0.3 is 5.97 Å². The molecule has 1 aliphatic heterocycles. The van der Waals surface area contributed by atoms with E-state index in [4.69, 9.17) is 5.11 Å². The van der Waals surface area contributed by atoms with E-state index in [9.17, 15) is 14.0 Å². The van der Waals surface area contributed by atoms with Crippen molar-refractivity contribution in [2.75, 3.05) is 18.0 Å². The fraction of sp³-hybridized carbons (Fsp3) is 0.385. The normalized spacial score (nSPS) is 15.5. The second-order valence-corrected chi connectivity index (χ2v) is 4.34. The molecule has 0 bridgehead atoms. The molecule has 0 saturated carbocycles. The summed E-state index contributed by atoms with van der Waals surface area (Å²) in [6, 6.07) is 3.74. The first-order chi connectivity index (χ1) is 8.59. The van der Waals surface area contributed by atoms with E-state index in [1.165, 1.54) is 12.1 Å². The highest BCUT2D eigenvalue weighted by atomic mass is 19.1. The smallest absolute Gasteiger partial charge is 0.377 e. The Morgan fingerprint density at radius 1 is 1.17 bits per heavy atom. The molecular formula is C13H14FNO3. The SMILES string of the molecule is O=C(O)C(=O)c1cc(F)ccc1N1CCCCC1. The minimum absolute atomic E-state index is 0.0654. The summed E-state index contributed by atoms with van der Waals surface area (Å²) in [7, 11) is 0. The van der Waals surface area contributed by atoms with Crippen LogP contribution in [0.2, 0.25) is 0 Å². The van der Waals surface area contributed by atoms with Crippen molar-refractivity contribution < 1.29 is 19.1 Å². The number of carboxylic acid groups (broad SMARTS) is 1. The first kappa shape index (κ1) is 12.5. The van der Waals surface area contributed by atoms with Gasteiger partial charge in [-0.15, -0.1) is 0 Å². The standard InChI is InChI=1S/C13H14FNO3/c14-9-4-5-11(15-6-2-1-3-7-15)10(8-9)12(16)13(17)18/h4-5,8H,1-3,6-7H2,(H,17,18). The number of piperidine rings is 1. The van der Waals surface area contributed by atoms with Gasteiger partial charge in [0.25, 0.3) is 5.78 Å². The molecule has 0 unspecified atom stereocenters. The molecule has 1 aromatic carbocycles. The summed E-state index contributed by atoms with van der Waals surface area (Å²) in [6.45, 7) is 1.54. The molecule has 1 N–H and O–H groups in total. The lowest BCUT2D eigenvalue weighted by Gasteiger charge is -2.30. The number of ketones is 1. The third kappa shape index (κ3) is 2.50. The number of benzene rings is 1. The monoisotopic (exact) mass is 251 g/mol. The third-order valence-corrected chi connectivity index (χ3v) is 3.09. The number of carbonyl (C=O) groups is 2. The molecule has 0 spiro atoms. The number of carboxylic acids is 1. The Hall–Kier alpha value is -1.91. The zero-order valence-corrected chi connectivity index (χ0v) is 9.86. The van der Waals surface area contributed by atoms with Crippen molar-refractivity contribution in [1.82, 2.24) is 0 Å². The Morgan fingerprint density at radius 2 is 1.83 bits per heavy atom. The summed E-state index contributed by atoms with van der Waals surface area (Å²) in [5.74, 6) is -3.21. The number of hydrogen-bond donors (Lipinski definition) is 1. The maximum atomic E-state index is 13.2. The van der Waals surface area contributed by atoms with Crippen molar-refractivity contribution >= 4 is 17.4 Å². The van der Waals surface area contributed by atoms with Gasteiger partial charge in [0.2, 0.25) is 0 Å². The molecular weight excluding hydrogens is 237 g/mol. The van der Waals surface area contributed by atoms with Crippen LogP contribution in [0.5, 0.6) is 0 Å². The number of hydrogen-bond acceptors (Lipinski definition) is 3. The number of aliphatic carboxylic acids is 1. The summed E-state index contributed by atoms with van der Waals surface area (Å²) < 4.78 is 13.2. The molecule has 0 radical (unpaired) electrons. The highest BCUT2D eigenvalue weighted by molar-refractivity contribution is 6.41. The highest BCUT2D eigenvalue weighted by Gasteiger charge is 2.23. The fourth-order valence-electron chi connectivity index (χ4n) is 2.22. The van der Waals surface area contributed by atoms with Gasteiger partial charge in [0, 0.05) is 18.8 Å². The summed E-state index contributed by atoms with van der Waals surface area (Å²) in [4.78, 5) is 24.3. The van der Waals surface area contributed by atoms with Crippen LogP contribution >= 0.6 is 0 Å². The highest BCUT2D eigenvalue weighted by Crippen LogP contribution is 2.25. The molecule has 0 aliphatic carbocycles. The predicted molar refractivity (Wildman–Crippen MR) is 64.4 cm³/mol. The zero-order valence-electron chi connectivity index (χ0n) is 9.86. The molecule has 1 saturated heterocycles. The van der Waals surface area contributed by atoms with E-state index in [0.717, 1.165) is 38.4 Å². The molecule has 0 atom stereocenters. The zero-order chi connectivity index (χ0) is 13.1. The summed E-state index contributed by atoms with van der Waals surface area (Å²) in [5, 5.41) is 8.76. The summed E-state index contributed by atoms with van der Waals surface area (Å²) in [6.07, 6.45) is 3.12. The number of carbonyl (C=O) groups excluding carboxylic acids is 1. The third-order valence-electron chi connectivity index (χ3n) is 3.09. The Kier molecular flexibility index (Phi) is 3.60. The summed E-state index contributed by atoms with van der Waals surface area (Å²) >= 11 is 0. The maximum Gasteiger partial charge on any atom is 0.377 e. The molecule has 2 rings (SSSR count). The Bertz CT molecular complexity index is 481. The summed E-state index contributed by atoms with van der Waals surface area (Å²) in [5.41, 5.74) is 0.452. The molecule has 1 heterocycles. The van der Waals surface area contributed by atoms with Crippen LogP contribution in [-0.2, 0) is 4.79 Å². The molecule has 18 heavy (non-hydrogen) atoms. The van der Waals surface area contributed by atoms with Gasteiger partial charge in [0.05, 0.1) is 5.56 Å². The Morgan fingerprint density at radius 3 is 2.44 bits per heavy atom. The number of halogens is 1. The van der Waals surface area contributed by atoms with Crippen LogP contribution in [0.3, 0.4) is 0 Å². The lowest BCUT2D eigenvalue weighted by Crippen LogP contribution is -2.31. The molecule has 1 aromatic rings. The molecule has 0 amide bonds. The first-order valence-electron chi connectivity index (χ1n) is 5.91. The molecule has 4 nitrogen and oxygen atoms in total. The van der Waals surface area contributed by atoms with Crippen LogP contribution in [0.25, 0.3) is 0 Å². The van der Waals surface area contributed by atoms with E-state index in [2.05, 4.69) is 0 Å². The van der Waals surface area contributed by atoms with Crippen molar-refractivity contribution in [1.29, 1.82) is 0 Å². The van der Waals surface area contributed by atoms with Gasteiger partial charge in [0.1, 0.15) is 5.82 Å². The van der Waals surface area contributed by atoms with Crippen molar-refractivity contribution in [3.05, 3.63) is 29.6 Å². The molecule has 96 valence electrons. The van der Waals surface area contributed by atoms with Gasteiger partial charge in [-0.1, -0.05) is 0 Å². The van der Waals surface area contributed by atoms with Crippen molar-refractivity contribution in [3.8, 4) is 0 Å². The largest absolute Gasteiger partial charge is 0.475 e. The van der Waals surface area contributed by atoms with Crippen LogP contribution in [0.15, 0.2) is 18.2 Å². The van der Waals surface area contributed by atoms with Crippen molar-refractivity contribution in [2.45, 2.75) is 19.3 Å². The first-order valence-corrected chi connectivity index (χ1v) is 5.91. The number of Topliss-reactive ketones (excluding diaryl/α,β-unsaturated/α-hetero) is 1. The fourth-order valence-corrected chi connectivity index (χ4v) is 2.22. The van der Waals surface area contributed by atoms with E-state index in [-0.39, 0.29) is 5.56 Å². The van der Waals surface area contributed by atoms with Crippen LogP contribution in [0.1, 0.15) is 29.6 Å². The average Bonchev–Trinajstić information content (AvgIpc) is 2.38. The quantitative estimate of drug-likeness (QED) is 0.660. The number of nitrogens with zero attached hydrogens (tertiary/aromatic N) is 1. The van der Waals surface area contributed by atoms with Crippen LogP contribution in [0, 0.1) is 5.82 Å². The van der Waals surface area contributed by atoms with Crippen molar-refractivity contribution in [3.63, 3.8) is 0 Å². The molecule has 5 heteroatoms. The molecule has 1 aliphatic rings. The Balaban J connectivity index is 2.39. The lowest BCUT2D eigenvalue weighted by atomic mass is 10.0. The topological polar surface area (TPSA) is 57.6 Å². The van der Waals surface area contributed by atoms with Gasteiger partial charge in [0.15, 0.2) is 0 Å². The van der Waals surface area contributed by atoms with E-state index in [1.54, 1.807) is 0 Å². The minimum Gasteiger partial charge on any atom is -0.475 e. The maximum absolute atomic E-state index is 13.2. The van der Waals surface area contributed by atoms with Crippen LogP contribution in [0.4, 0.5) is 10.1 Å². The van der Waals surface area contributed by atoms with E-state index < -0.39 is 17.6 Å². The van der Waals surface area contributed by atoms with Gasteiger partial charge < -0.3 is 10.0 Å². The number of rotatable bonds is 3. The molecule has 0 aromatic heterocycles. The Labute approximate surface area is 104 Å². The van der Waals surface area contributed by atoms with E-state index in [1.807, 2.05) is 4.90 Å². The second kappa shape index (κ2) is 5.16. The van der Waals surface area contributed by atoms with E-state index in [0.29, 0.717) is 5.69 Å². The number of anilines is 1. The van der Waals surface area contributed by atoms with Crippen LogP contribution in [-0.4, -0.2) is 29.9 Å². The van der Waals surface area contributed by atoms with Crippen molar-refractivity contribution in [2.24, 2.45) is 0 Å². The van der Waals surface area contributed by atoms with Gasteiger partial charge in [-0.25, -0.2) is 9.18 Å². The van der Waals surface area contributed by atoms with E-state index >= 15 is 0 Å². The lowest BCUT2D eigenvalue weighted by molar-refractivity contribution is -0.131. The molecule has 1 fully saturated rings. The average molecular weight is 251 g/mol. The second-order valence-electron chi connectivity index (χ2n) is 4.34. The predicted octanol–water partition coefficient (Wildman–Crippen LogP) is 2.08. The minimum atomic E-state index is -1.56. The van der Waals surface area contributed by atoms with Gasteiger partial charge in [-0.3, -0.25) is 4.79 Å². The van der Waals surface area contributed by atoms with Gasteiger partial charge in [-0.2, -0.15) is 0 Å². The van der Waals surface area contributed by atoms with Crippen LogP contribution < -0.4 is 4.90 Å².